The number of aryl methyl sites for hydroxylation is 1. The molecule has 4 nitrogen and oxygen atoms in total. The van der Waals surface area contributed by atoms with E-state index in [4.69, 9.17) is 15.2 Å². The van der Waals surface area contributed by atoms with Crippen LogP contribution in [0.3, 0.4) is 0 Å². The first kappa shape index (κ1) is 15.5. The van der Waals surface area contributed by atoms with Gasteiger partial charge in [0, 0.05) is 34.0 Å². The molecular weight excluding hydrogens is 332 g/mol. The van der Waals surface area contributed by atoms with Gasteiger partial charge in [0.05, 0.1) is 14.2 Å². The van der Waals surface area contributed by atoms with Gasteiger partial charge in [-0.25, -0.2) is 0 Å². The Balaban J connectivity index is 2.18. The molecule has 0 unspecified atom stereocenters. The fourth-order valence-corrected chi connectivity index (χ4v) is 2.52. The standard InChI is InChI=1S/C16H19BrN2O2/c1-10-6-15(13(17)8-14(10)18)19-9-11-4-5-12(20-2)7-16(11)21-3/h4-8,19H,9,18H2,1-3H3. The second-order valence-corrected chi connectivity index (χ2v) is 5.57. The number of ether oxygens (including phenoxy) is 2. The minimum Gasteiger partial charge on any atom is -0.497 e. The van der Waals surface area contributed by atoms with Crippen molar-refractivity contribution in [3.63, 3.8) is 0 Å². The number of nitrogens with one attached hydrogen (secondary N) is 1. The number of benzene rings is 2. The van der Waals surface area contributed by atoms with Gasteiger partial charge in [-0.15, -0.1) is 0 Å². The maximum Gasteiger partial charge on any atom is 0.127 e. The highest BCUT2D eigenvalue weighted by Gasteiger charge is 2.07. The Hall–Kier alpha value is -1.88. The van der Waals surface area contributed by atoms with E-state index in [-0.39, 0.29) is 0 Å². The number of halogens is 1. The highest BCUT2D eigenvalue weighted by atomic mass is 79.9. The van der Waals surface area contributed by atoms with Crippen LogP contribution in [0.1, 0.15) is 11.1 Å². The molecule has 0 heterocycles. The van der Waals surface area contributed by atoms with Crippen molar-refractivity contribution >= 4 is 27.3 Å². The van der Waals surface area contributed by atoms with Crippen molar-refractivity contribution in [3.05, 3.63) is 45.9 Å². The summed E-state index contributed by atoms with van der Waals surface area (Å²) in [6.07, 6.45) is 0. The van der Waals surface area contributed by atoms with E-state index in [2.05, 4.69) is 21.2 Å². The van der Waals surface area contributed by atoms with E-state index in [0.717, 1.165) is 38.5 Å². The summed E-state index contributed by atoms with van der Waals surface area (Å²) in [6.45, 7) is 2.63. The molecule has 0 aromatic heterocycles. The van der Waals surface area contributed by atoms with Gasteiger partial charge in [0.1, 0.15) is 11.5 Å². The number of rotatable bonds is 5. The first-order chi connectivity index (χ1) is 10.0. The van der Waals surface area contributed by atoms with Gasteiger partial charge >= 0.3 is 0 Å². The van der Waals surface area contributed by atoms with E-state index in [1.807, 2.05) is 37.3 Å². The SMILES string of the molecule is COc1ccc(CNc2cc(C)c(N)cc2Br)c(OC)c1. The van der Waals surface area contributed by atoms with Crippen molar-refractivity contribution in [1.82, 2.24) is 0 Å². The van der Waals surface area contributed by atoms with Crippen LogP contribution >= 0.6 is 15.9 Å². The quantitative estimate of drug-likeness (QED) is 0.801. The number of hydrogen-bond donors (Lipinski definition) is 2. The van der Waals surface area contributed by atoms with Crippen molar-refractivity contribution in [3.8, 4) is 11.5 Å². The lowest BCUT2D eigenvalue weighted by Crippen LogP contribution is -2.03. The van der Waals surface area contributed by atoms with Crippen LogP contribution in [-0.4, -0.2) is 14.2 Å². The van der Waals surface area contributed by atoms with Gasteiger partial charge in [-0.2, -0.15) is 0 Å². The number of nitrogen functional groups attached to an aromatic ring is 1. The molecule has 0 fully saturated rings. The molecule has 0 radical (unpaired) electrons. The van der Waals surface area contributed by atoms with Gasteiger partial charge in [0.15, 0.2) is 0 Å². The molecule has 112 valence electrons. The lowest BCUT2D eigenvalue weighted by Gasteiger charge is -2.14. The summed E-state index contributed by atoms with van der Waals surface area (Å²) in [7, 11) is 3.29. The van der Waals surface area contributed by atoms with Crippen LogP contribution in [0.25, 0.3) is 0 Å². The molecule has 2 rings (SSSR count). The molecule has 0 aliphatic carbocycles. The maximum absolute atomic E-state index is 5.88. The fraction of sp³-hybridized carbons (Fsp3) is 0.250. The fourth-order valence-electron chi connectivity index (χ4n) is 2.02. The number of hydrogen-bond acceptors (Lipinski definition) is 4. The molecule has 0 saturated carbocycles. The summed E-state index contributed by atoms with van der Waals surface area (Å²) in [5.74, 6) is 1.57. The lowest BCUT2D eigenvalue weighted by molar-refractivity contribution is 0.391. The summed E-state index contributed by atoms with van der Waals surface area (Å²) in [5.41, 5.74) is 9.75. The first-order valence-electron chi connectivity index (χ1n) is 6.55. The molecule has 0 aliphatic heterocycles. The third kappa shape index (κ3) is 3.61. The first-order valence-corrected chi connectivity index (χ1v) is 7.35. The van der Waals surface area contributed by atoms with Crippen LogP contribution in [0.2, 0.25) is 0 Å². The van der Waals surface area contributed by atoms with E-state index in [0.29, 0.717) is 6.54 Å². The van der Waals surface area contributed by atoms with Crippen LogP contribution in [0, 0.1) is 6.92 Å². The monoisotopic (exact) mass is 350 g/mol. The molecule has 3 N–H and O–H groups in total. The molecule has 2 aromatic rings. The van der Waals surface area contributed by atoms with Gasteiger partial charge in [-0.1, -0.05) is 0 Å². The smallest absolute Gasteiger partial charge is 0.127 e. The third-order valence-electron chi connectivity index (χ3n) is 3.32. The summed E-state index contributed by atoms with van der Waals surface area (Å²) >= 11 is 3.52. The van der Waals surface area contributed by atoms with Gasteiger partial charge in [0.25, 0.3) is 0 Å². The number of anilines is 2. The average Bonchev–Trinajstić information content (AvgIpc) is 2.49. The second-order valence-electron chi connectivity index (χ2n) is 4.72. The molecule has 0 spiro atoms. The van der Waals surface area contributed by atoms with E-state index >= 15 is 0 Å². The predicted octanol–water partition coefficient (Wildman–Crippen LogP) is 3.97. The van der Waals surface area contributed by atoms with Crippen LogP contribution < -0.4 is 20.5 Å². The summed E-state index contributed by atoms with van der Waals surface area (Å²) in [4.78, 5) is 0. The Labute approximate surface area is 133 Å². The summed E-state index contributed by atoms with van der Waals surface area (Å²) in [6, 6.07) is 9.71. The topological polar surface area (TPSA) is 56.5 Å². The molecule has 0 aliphatic rings. The molecule has 0 atom stereocenters. The molecule has 0 saturated heterocycles. The van der Waals surface area contributed by atoms with Crippen molar-refractivity contribution in [2.45, 2.75) is 13.5 Å². The average molecular weight is 351 g/mol. The Bertz CT molecular complexity index is 644. The van der Waals surface area contributed by atoms with E-state index in [1.165, 1.54) is 0 Å². The minimum absolute atomic E-state index is 0.648. The molecule has 5 heteroatoms. The van der Waals surface area contributed by atoms with Crippen molar-refractivity contribution in [2.24, 2.45) is 0 Å². The molecule has 2 aromatic carbocycles. The second kappa shape index (κ2) is 6.72. The molecular formula is C16H19BrN2O2. The van der Waals surface area contributed by atoms with E-state index < -0.39 is 0 Å². The third-order valence-corrected chi connectivity index (χ3v) is 3.98. The van der Waals surface area contributed by atoms with Gasteiger partial charge in [-0.05, 0) is 52.7 Å². The van der Waals surface area contributed by atoms with Crippen molar-refractivity contribution < 1.29 is 9.47 Å². The van der Waals surface area contributed by atoms with Gasteiger partial charge < -0.3 is 20.5 Å². The van der Waals surface area contributed by atoms with Gasteiger partial charge in [0.2, 0.25) is 0 Å². The normalized spacial score (nSPS) is 10.3. The van der Waals surface area contributed by atoms with Crippen LogP contribution in [0.4, 0.5) is 11.4 Å². The van der Waals surface area contributed by atoms with Crippen LogP contribution in [-0.2, 0) is 6.54 Å². The largest absolute Gasteiger partial charge is 0.497 e. The minimum atomic E-state index is 0.648. The van der Waals surface area contributed by atoms with Crippen molar-refractivity contribution in [1.29, 1.82) is 0 Å². The van der Waals surface area contributed by atoms with Gasteiger partial charge in [-0.3, -0.25) is 0 Å². The van der Waals surface area contributed by atoms with E-state index in [9.17, 15) is 0 Å². The Morgan fingerprint density at radius 3 is 2.57 bits per heavy atom. The zero-order valence-corrected chi connectivity index (χ0v) is 14.0. The number of nitrogens with two attached hydrogens (primary N) is 1. The maximum atomic E-state index is 5.88. The van der Waals surface area contributed by atoms with E-state index in [1.54, 1.807) is 14.2 Å². The molecule has 0 bridgehead atoms. The van der Waals surface area contributed by atoms with Crippen LogP contribution in [0.5, 0.6) is 11.5 Å². The molecule has 21 heavy (non-hydrogen) atoms. The summed E-state index contributed by atoms with van der Waals surface area (Å²) < 4.78 is 11.5. The summed E-state index contributed by atoms with van der Waals surface area (Å²) in [5, 5.41) is 3.39. The van der Waals surface area contributed by atoms with Crippen molar-refractivity contribution in [2.75, 3.05) is 25.3 Å². The highest BCUT2D eigenvalue weighted by Crippen LogP contribution is 2.30. The Kier molecular flexibility index (Phi) is 4.96. The Morgan fingerprint density at radius 1 is 1.14 bits per heavy atom. The predicted molar refractivity (Wildman–Crippen MR) is 90.2 cm³/mol. The zero-order valence-electron chi connectivity index (χ0n) is 12.4. The Morgan fingerprint density at radius 2 is 1.90 bits per heavy atom. The lowest BCUT2D eigenvalue weighted by atomic mass is 10.1. The van der Waals surface area contributed by atoms with Crippen LogP contribution in [0.15, 0.2) is 34.8 Å². The number of methoxy groups -OCH3 is 2. The highest BCUT2D eigenvalue weighted by molar-refractivity contribution is 9.10. The zero-order chi connectivity index (χ0) is 15.4. The molecule has 0 amide bonds.